The van der Waals surface area contributed by atoms with Gasteiger partial charge in [0.05, 0.1) is 12.2 Å². The molecule has 4 aliphatic carbocycles. The number of carbonyl (C=O) groups is 3. The van der Waals surface area contributed by atoms with Gasteiger partial charge in [-0.2, -0.15) is 0 Å². The molecule has 0 bridgehead atoms. The van der Waals surface area contributed by atoms with E-state index < -0.39 is 88.8 Å². The van der Waals surface area contributed by atoms with Gasteiger partial charge in [0.25, 0.3) is 0 Å². The molecule has 48 heavy (non-hydrogen) atoms. The van der Waals surface area contributed by atoms with E-state index in [2.05, 4.69) is 31.0 Å². The van der Waals surface area contributed by atoms with Crippen molar-refractivity contribution in [2.75, 3.05) is 19.7 Å². The summed E-state index contributed by atoms with van der Waals surface area (Å²) in [5.74, 6) is -3.66. The van der Waals surface area contributed by atoms with Gasteiger partial charge in [0.2, 0.25) is 5.78 Å². The number of nitrogens with one attached hydrogen (secondary N) is 1. The number of Topliss-reactive ketones (excluding diaryl/α,β-unsaturated/α-hetero) is 1. The van der Waals surface area contributed by atoms with Crippen LogP contribution in [0.5, 0.6) is 0 Å². The third-order valence-corrected chi connectivity index (χ3v) is 12.6. The summed E-state index contributed by atoms with van der Waals surface area (Å²) in [5, 5.41) is 15.3. The van der Waals surface area contributed by atoms with Crippen molar-refractivity contribution < 1.29 is 42.5 Å². The minimum absolute atomic E-state index is 0.0623. The molecule has 268 valence electrons. The normalized spacial score (nSPS) is 44.1. The van der Waals surface area contributed by atoms with E-state index in [1.165, 1.54) is 12.2 Å². The molecule has 0 aromatic carbocycles. The van der Waals surface area contributed by atoms with Crippen LogP contribution in [0.3, 0.4) is 0 Å². The van der Waals surface area contributed by atoms with Crippen LogP contribution in [0.25, 0.3) is 0 Å². The Kier molecular flexibility index (Phi) is 9.40. The van der Waals surface area contributed by atoms with Gasteiger partial charge in [-0.05, 0) is 75.5 Å². The molecule has 0 aromatic heterocycles. The molecular formula is C37H54F2N2O7. The molecule has 2 heterocycles. The fourth-order valence-electron chi connectivity index (χ4n) is 10.4. The minimum Gasteiger partial charge on any atom is -0.456 e. The second-order valence-corrected chi connectivity index (χ2v) is 16.5. The van der Waals surface area contributed by atoms with Crippen LogP contribution in [0.2, 0.25) is 0 Å². The number of fused-ring (bicyclic) bond motifs is 7. The number of ketones is 2. The lowest BCUT2D eigenvalue weighted by Gasteiger charge is -2.59. The molecule has 0 radical (unpaired) electrons. The average Bonchev–Trinajstić information content (AvgIpc) is 3.48. The highest BCUT2D eigenvalue weighted by Gasteiger charge is 2.78. The number of ether oxygens (including phenoxy) is 3. The topological polar surface area (TPSA) is 114 Å². The number of aliphatic hydroxyl groups excluding tert-OH is 1. The molecule has 2 aliphatic heterocycles. The molecule has 6 aliphatic rings. The Morgan fingerprint density at radius 2 is 1.94 bits per heavy atom. The summed E-state index contributed by atoms with van der Waals surface area (Å²) in [6.45, 7) is 14.6. The number of hydrogen-bond donors (Lipinski definition) is 2. The maximum absolute atomic E-state index is 17.4. The number of likely N-dealkylation sites (tertiary alicyclic amines) is 1. The highest BCUT2D eigenvalue weighted by Crippen LogP contribution is 2.70. The van der Waals surface area contributed by atoms with Crippen LogP contribution in [0.4, 0.5) is 8.78 Å². The number of piperidine rings is 1. The molecule has 11 heteroatoms. The monoisotopic (exact) mass is 676 g/mol. The number of hydrogen-bond acceptors (Lipinski definition) is 9. The average molecular weight is 677 g/mol. The van der Waals surface area contributed by atoms with Crippen molar-refractivity contribution in [2.24, 2.45) is 29.1 Å². The van der Waals surface area contributed by atoms with Crippen molar-refractivity contribution in [2.45, 2.75) is 141 Å². The third-order valence-electron chi connectivity index (χ3n) is 12.6. The van der Waals surface area contributed by atoms with Gasteiger partial charge in [0, 0.05) is 42.4 Å². The van der Waals surface area contributed by atoms with E-state index in [4.69, 9.17) is 14.2 Å². The van der Waals surface area contributed by atoms with Crippen molar-refractivity contribution in [1.29, 1.82) is 0 Å². The Hall–Kier alpha value is -2.05. The first-order chi connectivity index (χ1) is 22.5. The van der Waals surface area contributed by atoms with E-state index in [-0.39, 0.29) is 30.9 Å². The van der Waals surface area contributed by atoms with Crippen LogP contribution >= 0.6 is 0 Å². The predicted octanol–water partition coefficient (Wildman–Crippen LogP) is 4.40. The van der Waals surface area contributed by atoms with Gasteiger partial charge in [-0.15, -0.1) is 0 Å². The molecule has 3 unspecified atom stereocenters. The van der Waals surface area contributed by atoms with Gasteiger partial charge in [0.15, 0.2) is 24.3 Å². The summed E-state index contributed by atoms with van der Waals surface area (Å²) >= 11 is 0. The molecule has 2 N–H and O–H groups in total. The Morgan fingerprint density at radius 1 is 1.21 bits per heavy atom. The smallest absolute Gasteiger partial charge is 0.326 e. The van der Waals surface area contributed by atoms with Crippen molar-refractivity contribution in [3.8, 4) is 0 Å². The van der Waals surface area contributed by atoms with Crippen molar-refractivity contribution in [1.82, 2.24) is 10.2 Å². The number of nitrogens with zero attached hydrogens (tertiary/aromatic N) is 1. The Balaban J connectivity index is 1.26. The van der Waals surface area contributed by atoms with E-state index in [9.17, 15) is 19.5 Å². The summed E-state index contributed by atoms with van der Waals surface area (Å²) in [7, 11) is 0. The Morgan fingerprint density at radius 3 is 2.62 bits per heavy atom. The molecule has 2 saturated heterocycles. The first-order valence-corrected chi connectivity index (χ1v) is 18.0. The van der Waals surface area contributed by atoms with Crippen LogP contribution in [0.1, 0.15) is 87.0 Å². The lowest BCUT2D eigenvalue weighted by Crippen LogP contribution is -2.68. The highest BCUT2D eigenvalue weighted by molar-refractivity contribution is 6.01. The first kappa shape index (κ1) is 35.8. The van der Waals surface area contributed by atoms with E-state index in [1.54, 1.807) is 0 Å². The zero-order valence-corrected chi connectivity index (χ0v) is 29.5. The molecule has 5 fully saturated rings. The maximum atomic E-state index is 17.4. The van der Waals surface area contributed by atoms with Crippen LogP contribution in [-0.4, -0.2) is 101 Å². The number of allylic oxidation sites excluding steroid dienone is 4. The maximum Gasteiger partial charge on any atom is 0.326 e. The fourth-order valence-corrected chi connectivity index (χ4v) is 10.4. The molecule has 0 amide bonds. The number of aliphatic hydroxyl groups is 1. The number of esters is 1. The lowest BCUT2D eigenvalue weighted by molar-refractivity contribution is -0.223. The van der Waals surface area contributed by atoms with Crippen LogP contribution in [-0.2, 0) is 28.6 Å². The van der Waals surface area contributed by atoms with Gasteiger partial charge in [-0.3, -0.25) is 19.3 Å². The summed E-state index contributed by atoms with van der Waals surface area (Å²) in [4.78, 5) is 42.5. The van der Waals surface area contributed by atoms with Gasteiger partial charge in [-0.1, -0.05) is 47.1 Å². The largest absolute Gasteiger partial charge is 0.456 e. The van der Waals surface area contributed by atoms with Crippen LogP contribution in [0, 0.1) is 29.1 Å². The summed E-state index contributed by atoms with van der Waals surface area (Å²) in [6.07, 6.45) is 1.33. The molecule has 12 atom stereocenters. The molecule has 3 saturated carbocycles. The van der Waals surface area contributed by atoms with E-state index in [0.29, 0.717) is 24.9 Å². The third kappa shape index (κ3) is 5.45. The molecule has 0 spiro atoms. The van der Waals surface area contributed by atoms with E-state index >= 15 is 8.78 Å². The highest BCUT2D eigenvalue weighted by atomic mass is 19.1. The summed E-state index contributed by atoms with van der Waals surface area (Å²) in [6, 6.07) is 0.521. The van der Waals surface area contributed by atoms with Crippen LogP contribution in [0.15, 0.2) is 23.8 Å². The second kappa shape index (κ2) is 12.6. The lowest BCUT2D eigenvalue weighted by atomic mass is 9.48. The number of halogens is 2. The van der Waals surface area contributed by atoms with E-state index in [0.717, 1.165) is 25.5 Å². The standard InChI is InChI=1S/C37H54F2N2O7/c1-8-9-32-47-31-15-26-27-14-28(38)24-13-23(42)10-11-25(24)36(27,39)29(43)16-35(26,7)37(31,48-32)30(44)19-46-33(45)34(5,6)41-17-21(4)12-22(18-41)40-20(2)3/h10-11,13,20-22,25-29,31-32,40,43H,8-9,12,14-19H2,1-7H3/t21?,22-,25?,26-,27-,28-,29-,31+,32?,35-,36-,37+/m0/s1. The minimum atomic E-state index is -2.23. The SMILES string of the molecule is CCCC1O[C@@H]2C[C@H]3[C@@H]4C[C@H](F)C5=CC(=O)C=CC5[C@@]4(F)[C@@H](O)C[C@]3(C)[C@]2(C(=O)COC(=O)C(C)(C)N2CC(C)C[C@H](NC(C)C)C2)O1. The molecular weight excluding hydrogens is 622 g/mol. The predicted molar refractivity (Wildman–Crippen MR) is 174 cm³/mol. The van der Waals surface area contributed by atoms with E-state index in [1.807, 2.05) is 27.7 Å². The molecule has 9 nitrogen and oxygen atoms in total. The summed E-state index contributed by atoms with van der Waals surface area (Å²) in [5.41, 5.74) is -5.92. The van der Waals surface area contributed by atoms with Gasteiger partial charge in [0.1, 0.15) is 17.4 Å². The molecule has 0 aromatic rings. The van der Waals surface area contributed by atoms with Crippen LogP contribution < -0.4 is 5.32 Å². The van der Waals surface area contributed by atoms with Crippen molar-refractivity contribution in [3.63, 3.8) is 0 Å². The quantitative estimate of drug-likeness (QED) is 0.343. The zero-order valence-electron chi connectivity index (χ0n) is 29.5. The summed E-state index contributed by atoms with van der Waals surface area (Å²) < 4.78 is 51.9. The fraction of sp³-hybridized carbons (Fsp3) is 0.811. The van der Waals surface area contributed by atoms with Gasteiger partial charge in [-0.25, -0.2) is 8.78 Å². The Bertz CT molecular complexity index is 1370. The number of carbonyl (C=O) groups excluding carboxylic acids is 3. The van der Waals surface area contributed by atoms with Crippen molar-refractivity contribution >= 4 is 17.5 Å². The second-order valence-electron chi connectivity index (χ2n) is 16.5. The zero-order chi connectivity index (χ0) is 35.0. The first-order valence-electron chi connectivity index (χ1n) is 18.0. The number of alkyl halides is 2. The van der Waals surface area contributed by atoms with Gasteiger partial charge >= 0.3 is 5.97 Å². The van der Waals surface area contributed by atoms with Crippen molar-refractivity contribution in [3.05, 3.63) is 23.8 Å². The van der Waals surface area contributed by atoms with Gasteiger partial charge < -0.3 is 24.6 Å². The molecule has 6 rings (SSSR count). The Labute approximate surface area is 283 Å². The number of rotatable bonds is 9.